The maximum absolute atomic E-state index is 14.3. The number of carbonyl (C=O) groups excluding carboxylic acids is 1. The first-order valence-corrected chi connectivity index (χ1v) is 10.9. The molecule has 1 aliphatic rings. The minimum Gasteiger partial charge on any atom is -0.488 e. The number of hydrogen-bond donors (Lipinski definition) is 0. The van der Waals surface area contributed by atoms with E-state index in [2.05, 4.69) is 4.98 Å². The normalized spacial score (nSPS) is 13.3. The summed E-state index contributed by atoms with van der Waals surface area (Å²) in [5, 5.41) is 0. The lowest BCUT2D eigenvalue weighted by Crippen LogP contribution is -2.08. The summed E-state index contributed by atoms with van der Waals surface area (Å²) < 4.78 is 25.4. The first-order chi connectivity index (χ1) is 15.6. The summed E-state index contributed by atoms with van der Waals surface area (Å²) >= 11 is 0. The Labute approximate surface area is 187 Å². The van der Waals surface area contributed by atoms with Crippen LogP contribution in [0.5, 0.6) is 5.75 Å². The fraction of sp³-hybridized carbons (Fsp3) is 0.259. The number of pyridine rings is 1. The standard InChI is InChI=1S/C27H26FNO3/c1-3-31-27(30)25-12-7-11-24(29-25)21-10-6-9-20(21)22-8-4-5-13-26(22)32-17-19-15-14-18(2)16-23(19)28/h4-5,7-8,11-16H,3,6,9-10,17H2,1-2H3. The lowest BCUT2D eigenvalue weighted by molar-refractivity contribution is 0.0519. The maximum Gasteiger partial charge on any atom is 0.356 e. The van der Waals surface area contributed by atoms with Crippen molar-refractivity contribution in [2.75, 3.05) is 6.61 Å². The maximum atomic E-state index is 14.3. The van der Waals surface area contributed by atoms with E-state index < -0.39 is 5.97 Å². The van der Waals surface area contributed by atoms with Crippen molar-refractivity contribution in [2.24, 2.45) is 0 Å². The second-order valence-corrected chi connectivity index (χ2v) is 7.82. The average Bonchev–Trinajstić information content (AvgIpc) is 3.29. The number of aromatic nitrogens is 1. The predicted octanol–water partition coefficient (Wildman–Crippen LogP) is 6.38. The Balaban J connectivity index is 1.65. The van der Waals surface area contributed by atoms with Crippen molar-refractivity contribution in [1.82, 2.24) is 4.98 Å². The largest absolute Gasteiger partial charge is 0.488 e. The number of para-hydroxylation sites is 1. The van der Waals surface area contributed by atoms with Gasteiger partial charge in [0.25, 0.3) is 0 Å². The number of allylic oxidation sites excluding steroid dienone is 2. The molecule has 0 unspecified atom stereocenters. The molecule has 0 amide bonds. The Morgan fingerprint density at radius 2 is 1.84 bits per heavy atom. The summed E-state index contributed by atoms with van der Waals surface area (Å²) in [6.45, 7) is 4.11. The van der Waals surface area contributed by atoms with E-state index in [4.69, 9.17) is 9.47 Å². The third-order valence-electron chi connectivity index (χ3n) is 5.56. The van der Waals surface area contributed by atoms with Crippen molar-refractivity contribution in [3.63, 3.8) is 0 Å². The van der Waals surface area contributed by atoms with E-state index in [1.54, 1.807) is 19.1 Å². The summed E-state index contributed by atoms with van der Waals surface area (Å²) in [5.41, 5.74) is 5.73. The van der Waals surface area contributed by atoms with Crippen LogP contribution in [0.4, 0.5) is 4.39 Å². The fourth-order valence-corrected chi connectivity index (χ4v) is 4.01. The van der Waals surface area contributed by atoms with Crippen molar-refractivity contribution < 1.29 is 18.7 Å². The van der Waals surface area contributed by atoms with Crippen molar-refractivity contribution in [3.8, 4) is 5.75 Å². The molecule has 0 fully saturated rings. The minimum atomic E-state index is -0.418. The van der Waals surface area contributed by atoms with Gasteiger partial charge in [0.1, 0.15) is 23.9 Å². The summed E-state index contributed by atoms with van der Waals surface area (Å²) in [4.78, 5) is 16.7. The number of nitrogens with zero attached hydrogens (tertiary/aromatic N) is 1. The number of carbonyl (C=O) groups is 1. The molecular formula is C27H26FNO3. The second kappa shape index (κ2) is 9.77. The molecule has 2 aromatic carbocycles. The number of ether oxygens (including phenoxy) is 2. The van der Waals surface area contributed by atoms with E-state index in [1.165, 1.54) is 6.07 Å². The van der Waals surface area contributed by atoms with Gasteiger partial charge in [0.2, 0.25) is 0 Å². The van der Waals surface area contributed by atoms with E-state index in [0.717, 1.165) is 47.2 Å². The van der Waals surface area contributed by atoms with Crippen LogP contribution in [0.25, 0.3) is 11.1 Å². The summed E-state index contributed by atoms with van der Waals surface area (Å²) in [6, 6.07) is 18.4. The monoisotopic (exact) mass is 431 g/mol. The highest BCUT2D eigenvalue weighted by atomic mass is 19.1. The van der Waals surface area contributed by atoms with Gasteiger partial charge in [-0.25, -0.2) is 14.2 Å². The quantitative estimate of drug-likeness (QED) is 0.407. The van der Waals surface area contributed by atoms with Crippen molar-refractivity contribution >= 4 is 17.1 Å². The molecule has 4 rings (SSSR count). The second-order valence-electron chi connectivity index (χ2n) is 7.82. The SMILES string of the molecule is CCOC(=O)c1cccc(C2=C(c3ccccc3OCc3ccc(C)cc3F)CCC2)n1. The van der Waals surface area contributed by atoms with Gasteiger partial charge in [0.15, 0.2) is 0 Å². The number of esters is 1. The molecule has 0 atom stereocenters. The molecule has 0 N–H and O–H groups in total. The molecule has 0 bridgehead atoms. The van der Waals surface area contributed by atoms with Crippen LogP contribution in [-0.4, -0.2) is 17.6 Å². The highest BCUT2D eigenvalue weighted by molar-refractivity contribution is 5.94. The fourth-order valence-electron chi connectivity index (χ4n) is 4.01. The van der Waals surface area contributed by atoms with Gasteiger partial charge in [-0.15, -0.1) is 0 Å². The van der Waals surface area contributed by atoms with Crippen LogP contribution in [0.15, 0.2) is 60.7 Å². The van der Waals surface area contributed by atoms with Crippen LogP contribution < -0.4 is 4.74 Å². The topological polar surface area (TPSA) is 48.4 Å². The van der Waals surface area contributed by atoms with Gasteiger partial charge in [0.05, 0.1) is 12.3 Å². The van der Waals surface area contributed by atoms with Crippen LogP contribution in [0.3, 0.4) is 0 Å². The first kappa shape index (κ1) is 21.8. The highest BCUT2D eigenvalue weighted by Gasteiger charge is 2.22. The van der Waals surface area contributed by atoms with Gasteiger partial charge in [-0.1, -0.05) is 36.4 Å². The van der Waals surface area contributed by atoms with Crippen LogP contribution in [-0.2, 0) is 11.3 Å². The van der Waals surface area contributed by atoms with Gasteiger partial charge in [-0.2, -0.15) is 0 Å². The Bertz CT molecular complexity index is 1170. The van der Waals surface area contributed by atoms with Gasteiger partial charge < -0.3 is 9.47 Å². The lowest BCUT2D eigenvalue weighted by atomic mass is 9.99. The molecule has 0 spiro atoms. The molecule has 4 nitrogen and oxygen atoms in total. The zero-order chi connectivity index (χ0) is 22.5. The summed E-state index contributed by atoms with van der Waals surface area (Å²) in [5.74, 6) is 0.0324. The summed E-state index contributed by atoms with van der Waals surface area (Å²) in [7, 11) is 0. The van der Waals surface area contributed by atoms with Crippen molar-refractivity contribution in [1.29, 1.82) is 0 Å². The Kier molecular flexibility index (Phi) is 6.64. The molecule has 3 aromatic rings. The van der Waals surface area contributed by atoms with E-state index in [-0.39, 0.29) is 12.4 Å². The lowest BCUT2D eigenvalue weighted by Gasteiger charge is -2.15. The van der Waals surface area contributed by atoms with Gasteiger partial charge >= 0.3 is 5.97 Å². The third-order valence-corrected chi connectivity index (χ3v) is 5.56. The van der Waals surface area contributed by atoms with Crippen LogP contribution in [0, 0.1) is 12.7 Å². The molecule has 1 heterocycles. The van der Waals surface area contributed by atoms with Crippen LogP contribution >= 0.6 is 0 Å². The molecule has 5 heteroatoms. The number of hydrogen-bond acceptors (Lipinski definition) is 4. The highest BCUT2D eigenvalue weighted by Crippen LogP contribution is 2.42. The summed E-state index contributed by atoms with van der Waals surface area (Å²) in [6.07, 6.45) is 2.76. The molecule has 0 saturated carbocycles. The van der Waals surface area contributed by atoms with E-state index in [0.29, 0.717) is 23.6 Å². The Morgan fingerprint density at radius 3 is 2.66 bits per heavy atom. The van der Waals surface area contributed by atoms with Gasteiger partial charge in [-0.3, -0.25) is 0 Å². The van der Waals surface area contributed by atoms with Crippen molar-refractivity contribution in [2.45, 2.75) is 39.7 Å². The Morgan fingerprint density at radius 1 is 1.03 bits per heavy atom. The smallest absolute Gasteiger partial charge is 0.356 e. The zero-order valence-corrected chi connectivity index (χ0v) is 18.4. The molecule has 1 aromatic heterocycles. The molecule has 1 aliphatic carbocycles. The predicted molar refractivity (Wildman–Crippen MR) is 123 cm³/mol. The van der Waals surface area contributed by atoms with E-state index >= 15 is 0 Å². The molecule has 0 saturated heterocycles. The zero-order valence-electron chi connectivity index (χ0n) is 18.4. The van der Waals surface area contributed by atoms with Crippen LogP contribution in [0.1, 0.15) is 59.1 Å². The van der Waals surface area contributed by atoms with Gasteiger partial charge in [0, 0.05) is 11.1 Å². The average molecular weight is 432 g/mol. The molecular weight excluding hydrogens is 405 g/mol. The minimum absolute atomic E-state index is 0.155. The number of rotatable bonds is 7. The Hall–Kier alpha value is -3.47. The molecule has 164 valence electrons. The number of aryl methyl sites for hydroxylation is 1. The van der Waals surface area contributed by atoms with Gasteiger partial charge in [-0.05, 0) is 74.1 Å². The molecule has 0 radical (unpaired) electrons. The van der Waals surface area contributed by atoms with Crippen molar-refractivity contribution in [3.05, 3.63) is 94.6 Å². The van der Waals surface area contributed by atoms with E-state index in [1.807, 2.05) is 49.4 Å². The van der Waals surface area contributed by atoms with E-state index in [9.17, 15) is 9.18 Å². The van der Waals surface area contributed by atoms with Crippen LogP contribution in [0.2, 0.25) is 0 Å². The first-order valence-electron chi connectivity index (χ1n) is 10.9. The number of halogens is 1. The third kappa shape index (κ3) is 4.72. The number of benzene rings is 2. The molecule has 0 aliphatic heterocycles. The molecule has 32 heavy (non-hydrogen) atoms.